The Morgan fingerprint density at radius 1 is 1.50 bits per heavy atom. The van der Waals surface area contributed by atoms with E-state index in [2.05, 4.69) is 6.92 Å². The molecule has 1 aliphatic heterocycles. The summed E-state index contributed by atoms with van der Waals surface area (Å²) in [5.74, 6) is -0.279. The SMILES string of the molecule is CC1CCN(c2ccc(C(N)=O)cc2[N+](=O)[O-])CC1N. The molecule has 2 atom stereocenters. The molecule has 0 bridgehead atoms. The third-order valence-corrected chi connectivity index (χ3v) is 3.81. The maximum Gasteiger partial charge on any atom is 0.293 e. The lowest BCUT2D eigenvalue weighted by atomic mass is 9.93. The monoisotopic (exact) mass is 278 g/mol. The molecule has 0 spiro atoms. The molecule has 1 amide bonds. The Bertz CT molecular complexity index is 546. The molecule has 1 fully saturated rings. The predicted octanol–water partition coefficient (Wildman–Crippen LogP) is 0.867. The van der Waals surface area contributed by atoms with Gasteiger partial charge >= 0.3 is 0 Å². The number of nitrogens with zero attached hydrogens (tertiary/aromatic N) is 2. The number of primary amides is 1. The van der Waals surface area contributed by atoms with E-state index in [-0.39, 0.29) is 17.3 Å². The number of hydrogen-bond donors (Lipinski definition) is 2. The molecule has 1 aromatic carbocycles. The second kappa shape index (κ2) is 5.46. The minimum atomic E-state index is -0.677. The smallest absolute Gasteiger partial charge is 0.293 e. The van der Waals surface area contributed by atoms with Crippen LogP contribution in [0.25, 0.3) is 0 Å². The summed E-state index contributed by atoms with van der Waals surface area (Å²) in [4.78, 5) is 23.7. The Kier molecular flexibility index (Phi) is 3.89. The van der Waals surface area contributed by atoms with E-state index in [0.29, 0.717) is 24.7 Å². The highest BCUT2D eigenvalue weighted by atomic mass is 16.6. The number of carbonyl (C=O) groups is 1. The molecule has 2 unspecified atom stereocenters. The van der Waals surface area contributed by atoms with Crippen LogP contribution in [0.5, 0.6) is 0 Å². The van der Waals surface area contributed by atoms with Crippen molar-refractivity contribution in [3.63, 3.8) is 0 Å². The van der Waals surface area contributed by atoms with E-state index in [1.165, 1.54) is 12.1 Å². The van der Waals surface area contributed by atoms with E-state index in [4.69, 9.17) is 11.5 Å². The van der Waals surface area contributed by atoms with Crippen LogP contribution in [0, 0.1) is 16.0 Å². The van der Waals surface area contributed by atoms with Crippen molar-refractivity contribution in [2.24, 2.45) is 17.4 Å². The van der Waals surface area contributed by atoms with Gasteiger partial charge in [0.25, 0.3) is 5.69 Å². The Balaban J connectivity index is 2.36. The van der Waals surface area contributed by atoms with Crippen molar-refractivity contribution in [1.29, 1.82) is 0 Å². The number of hydrogen-bond acceptors (Lipinski definition) is 5. The van der Waals surface area contributed by atoms with Gasteiger partial charge in [-0.3, -0.25) is 14.9 Å². The molecule has 7 heteroatoms. The van der Waals surface area contributed by atoms with Gasteiger partial charge < -0.3 is 16.4 Å². The normalized spacial score (nSPS) is 22.6. The molecular formula is C13H18N4O3. The van der Waals surface area contributed by atoms with Gasteiger partial charge in [0.2, 0.25) is 5.91 Å². The summed E-state index contributed by atoms with van der Waals surface area (Å²) in [5.41, 5.74) is 11.7. The lowest BCUT2D eigenvalue weighted by Crippen LogP contribution is -2.47. The predicted molar refractivity (Wildman–Crippen MR) is 75.6 cm³/mol. The average Bonchev–Trinajstić information content (AvgIpc) is 2.41. The molecule has 1 heterocycles. The zero-order valence-corrected chi connectivity index (χ0v) is 11.3. The van der Waals surface area contributed by atoms with Gasteiger partial charge in [-0.1, -0.05) is 6.92 Å². The number of benzene rings is 1. The van der Waals surface area contributed by atoms with Gasteiger partial charge in [0.1, 0.15) is 5.69 Å². The van der Waals surface area contributed by atoms with Crippen molar-refractivity contribution in [2.45, 2.75) is 19.4 Å². The van der Waals surface area contributed by atoms with Crippen molar-refractivity contribution in [3.05, 3.63) is 33.9 Å². The summed E-state index contributed by atoms with van der Waals surface area (Å²) in [7, 11) is 0. The van der Waals surface area contributed by atoms with Gasteiger partial charge in [0.15, 0.2) is 0 Å². The van der Waals surface area contributed by atoms with Crippen LogP contribution in [0.1, 0.15) is 23.7 Å². The van der Waals surface area contributed by atoms with E-state index in [1.807, 2.05) is 4.90 Å². The van der Waals surface area contributed by atoms with Crippen molar-refractivity contribution >= 4 is 17.3 Å². The van der Waals surface area contributed by atoms with Crippen LogP contribution >= 0.6 is 0 Å². The lowest BCUT2D eigenvalue weighted by molar-refractivity contribution is -0.384. The summed E-state index contributed by atoms with van der Waals surface area (Å²) in [5, 5.41) is 11.2. The van der Waals surface area contributed by atoms with Crippen molar-refractivity contribution < 1.29 is 9.72 Å². The Labute approximate surface area is 116 Å². The van der Waals surface area contributed by atoms with Crippen molar-refractivity contribution in [1.82, 2.24) is 0 Å². The molecule has 1 aromatic rings. The van der Waals surface area contributed by atoms with E-state index in [0.717, 1.165) is 6.42 Å². The molecule has 4 N–H and O–H groups in total. The van der Waals surface area contributed by atoms with Gasteiger partial charge in [-0.25, -0.2) is 0 Å². The quantitative estimate of drug-likeness (QED) is 0.628. The van der Waals surface area contributed by atoms with E-state index >= 15 is 0 Å². The molecule has 108 valence electrons. The summed E-state index contributed by atoms with van der Waals surface area (Å²) >= 11 is 0. The topological polar surface area (TPSA) is 115 Å². The largest absolute Gasteiger partial charge is 0.366 e. The number of amides is 1. The van der Waals surface area contributed by atoms with Crippen LogP contribution < -0.4 is 16.4 Å². The molecule has 0 radical (unpaired) electrons. The minimum Gasteiger partial charge on any atom is -0.366 e. The number of rotatable bonds is 3. The lowest BCUT2D eigenvalue weighted by Gasteiger charge is -2.36. The number of nitro benzene ring substituents is 1. The highest BCUT2D eigenvalue weighted by Crippen LogP contribution is 2.32. The second-order valence-electron chi connectivity index (χ2n) is 5.20. The van der Waals surface area contributed by atoms with Crippen molar-refractivity contribution in [3.8, 4) is 0 Å². The average molecular weight is 278 g/mol. The molecule has 0 aromatic heterocycles. The molecule has 0 saturated carbocycles. The summed E-state index contributed by atoms with van der Waals surface area (Å²) in [6.45, 7) is 3.36. The molecule has 7 nitrogen and oxygen atoms in total. The third-order valence-electron chi connectivity index (χ3n) is 3.81. The maximum atomic E-state index is 11.2. The third kappa shape index (κ3) is 2.72. The Morgan fingerprint density at radius 3 is 2.75 bits per heavy atom. The van der Waals surface area contributed by atoms with E-state index in [9.17, 15) is 14.9 Å². The molecule has 0 aliphatic carbocycles. The van der Waals surface area contributed by atoms with Gasteiger partial charge in [0, 0.05) is 30.8 Å². The fraction of sp³-hybridized carbons (Fsp3) is 0.462. The maximum absolute atomic E-state index is 11.2. The number of anilines is 1. The zero-order chi connectivity index (χ0) is 14.9. The standard InChI is InChI=1S/C13H18N4O3/c1-8-4-5-16(7-10(8)14)11-3-2-9(13(15)18)6-12(11)17(19)20/h2-3,6,8,10H,4-5,7,14H2,1H3,(H2,15,18). The van der Waals surface area contributed by atoms with Crippen LogP contribution in [0.4, 0.5) is 11.4 Å². The molecule has 1 saturated heterocycles. The molecule has 20 heavy (non-hydrogen) atoms. The van der Waals surface area contributed by atoms with Crippen LogP contribution in [0.2, 0.25) is 0 Å². The number of piperidine rings is 1. The first-order chi connectivity index (χ1) is 9.40. The Morgan fingerprint density at radius 2 is 2.20 bits per heavy atom. The first-order valence-corrected chi connectivity index (χ1v) is 6.49. The molecule has 2 rings (SSSR count). The van der Waals surface area contributed by atoms with E-state index < -0.39 is 10.8 Å². The highest BCUT2D eigenvalue weighted by molar-refractivity contribution is 5.94. The number of nitrogens with two attached hydrogens (primary N) is 2. The van der Waals surface area contributed by atoms with Crippen LogP contribution in [0.15, 0.2) is 18.2 Å². The molecular weight excluding hydrogens is 260 g/mol. The second-order valence-corrected chi connectivity index (χ2v) is 5.20. The van der Waals surface area contributed by atoms with Crippen LogP contribution in [-0.4, -0.2) is 30.0 Å². The van der Waals surface area contributed by atoms with Gasteiger partial charge in [-0.15, -0.1) is 0 Å². The van der Waals surface area contributed by atoms with Gasteiger partial charge in [0.05, 0.1) is 4.92 Å². The fourth-order valence-corrected chi connectivity index (χ4v) is 2.41. The fourth-order valence-electron chi connectivity index (χ4n) is 2.41. The van der Waals surface area contributed by atoms with Gasteiger partial charge in [-0.2, -0.15) is 0 Å². The zero-order valence-electron chi connectivity index (χ0n) is 11.3. The summed E-state index contributed by atoms with van der Waals surface area (Å²) in [6, 6.07) is 4.29. The summed E-state index contributed by atoms with van der Waals surface area (Å²) in [6.07, 6.45) is 0.885. The van der Waals surface area contributed by atoms with Crippen LogP contribution in [0.3, 0.4) is 0 Å². The number of carbonyl (C=O) groups excluding carboxylic acids is 1. The van der Waals surface area contributed by atoms with E-state index in [1.54, 1.807) is 6.07 Å². The minimum absolute atomic E-state index is 0.0147. The van der Waals surface area contributed by atoms with Gasteiger partial charge in [-0.05, 0) is 24.5 Å². The van der Waals surface area contributed by atoms with Crippen molar-refractivity contribution in [2.75, 3.05) is 18.0 Å². The van der Waals surface area contributed by atoms with Crippen LogP contribution in [-0.2, 0) is 0 Å². The number of nitro groups is 1. The molecule has 1 aliphatic rings. The summed E-state index contributed by atoms with van der Waals surface area (Å²) < 4.78 is 0. The highest BCUT2D eigenvalue weighted by Gasteiger charge is 2.28. The Hall–Kier alpha value is -2.15. The first-order valence-electron chi connectivity index (χ1n) is 6.49. The first kappa shape index (κ1) is 14.3.